The average Bonchev–Trinajstić information content (AvgIpc) is 3.42. The van der Waals surface area contributed by atoms with Gasteiger partial charge in [0.15, 0.2) is 5.65 Å². The maximum absolute atomic E-state index is 12.9. The van der Waals surface area contributed by atoms with E-state index in [0.29, 0.717) is 34.4 Å². The smallest absolute Gasteiger partial charge is 0.407 e. The van der Waals surface area contributed by atoms with Gasteiger partial charge in [-0.3, -0.25) is 9.20 Å². The lowest BCUT2D eigenvalue weighted by molar-refractivity contribution is 0.0909. The van der Waals surface area contributed by atoms with Gasteiger partial charge < -0.3 is 10.0 Å². The number of carbonyl (C=O) groups is 1. The van der Waals surface area contributed by atoms with Gasteiger partial charge in [0.05, 0.1) is 11.9 Å². The third-order valence-corrected chi connectivity index (χ3v) is 6.85. The second-order valence-corrected chi connectivity index (χ2v) is 8.99. The number of hydrogen-bond donors (Lipinski definition) is 1. The lowest BCUT2D eigenvalue weighted by atomic mass is 9.84. The quantitative estimate of drug-likeness (QED) is 0.501. The van der Waals surface area contributed by atoms with Crippen LogP contribution >= 0.6 is 11.6 Å². The number of aromatic nitrogens is 5. The number of imidazole rings is 1. The molecule has 1 unspecified atom stereocenters. The zero-order chi connectivity index (χ0) is 22.0. The van der Waals surface area contributed by atoms with E-state index in [0.717, 1.165) is 31.2 Å². The Morgan fingerprint density at radius 1 is 1.09 bits per heavy atom. The van der Waals surface area contributed by atoms with Gasteiger partial charge in [-0.2, -0.15) is 5.10 Å². The Kier molecular flexibility index (Phi) is 4.07. The van der Waals surface area contributed by atoms with Gasteiger partial charge in [-0.15, -0.1) is 0 Å². The van der Waals surface area contributed by atoms with Crippen molar-refractivity contribution >= 4 is 29.0 Å². The van der Waals surface area contributed by atoms with E-state index in [1.54, 1.807) is 32.1 Å². The van der Waals surface area contributed by atoms with Crippen LogP contribution in [-0.4, -0.2) is 52.2 Å². The largest absolute Gasteiger partial charge is 0.465 e. The molecule has 9 nitrogen and oxygen atoms in total. The molecule has 4 aromatic heterocycles. The Morgan fingerprint density at radius 2 is 1.91 bits per heavy atom. The van der Waals surface area contributed by atoms with E-state index in [4.69, 9.17) is 11.6 Å². The predicted molar refractivity (Wildman–Crippen MR) is 117 cm³/mol. The second kappa shape index (κ2) is 6.77. The van der Waals surface area contributed by atoms with Gasteiger partial charge in [0.2, 0.25) is 0 Å². The number of pyridine rings is 1. The van der Waals surface area contributed by atoms with Crippen LogP contribution in [0.5, 0.6) is 0 Å². The highest BCUT2D eigenvalue weighted by molar-refractivity contribution is 6.29. The number of amides is 1. The lowest BCUT2D eigenvalue weighted by Crippen LogP contribution is -2.46. The van der Waals surface area contributed by atoms with Crippen molar-refractivity contribution in [2.24, 2.45) is 0 Å². The maximum atomic E-state index is 12.9. The van der Waals surface area contributed by atoms with Crippen LogP contribution in [0.15, 0.2) is 47.5 Å². The first-order valence-electron chi connectivity index (χ1n) is 10.5. The molecule has 162 valence electrons. The molecule has 4 aromatic rings. The molecule has 1 aliphatic heterocycles. The molecule has 2 aliphatic rings. The molecule has 1 amide bonds. The van der Waals surface area contributed by atoms with Crippen LogP contribution in [0.3, 0.4) is 0 Å². The van der Waals surface area contributed by atoms with E-state index in [-0.39, 0.29) is 17.0 Å². The molecule has 32 heavy (non-hydrogen) atoms. The van der Waals surface area contributed by atoms with E-state index in [2.05, 4.69) is 15.1 Å². The van der Waals surface area contributed by atoms with Crippen molar-refractivity contribution in [3.05, 3.63) is 63.8 Å². The summed E-state index contributed by atoms with van der Waals surface area (Å²) in [7, 11) is 0. The van der Waals surface area contributed by atoms with Crippen LogP contribution in [0.2, 0.25) is 5.15 Å². The molecule has 1 atom stereocenters. The van der Waals surface area contributed by atoms with Crippen molar-refractivity contribution in [1.29, 1.82) is 0 Å². The number of hydrogen-bond acceptors (Lipinski definition) is 5. The second-order valence-electron chi connectivity index (χ2n) is 8.60. The Balaban J connectivity index is 1.34. The molecule has 1 aliphatic carbocycles. The molecule has 10 heteroatoms. The zero-order valence-electron chi connectivity index (χ0n) is 17.0. The number of halogens is 1. The number of rotatable bonds is 2. The topological polar surface area (TPSA) is 105 Å². The van der Waals surface area contributed by atoms with Gasteiger partial charge >= 0.3 is 6.09 Å². The fourth-order valence-corrected chi connectivity index (χ4v) is 5.06. The fourth-order valence-electron chi connectivity index (χ4n) is 4.88. The third-order valence-electron chi connectivity index (χ3n) is 6.67. The molecule has 6 rings (SSSR count). The molecule has 1 saturated carbocycles. The molecule has 0 radical (unpaired) electrons. The number of likely N-dealkylation sites (tertiary alicyclic amines) is 1. The fraction of sp³-hybridized carbons (Fsp3) is 0.318. The summed E-state index contributed by atoms with van der Waals surface area (Å²) in [6.45, 7) is 0.524. The van der Waals surface area contributed by atoms with Crippen LogP contribution in [0.4, 0.5) is 4.79 Å². The number of carboxylic acid groups (broad SMARTS) is 1. The van der Waals surface area contributed by atoms with Gasteiger partial charge in [0, 0.05) is 24.3 Å². The normalized spacial score (nSPS) is 19.7. The average molecular weight is 451 g/mol. The van der Waals surface area contributed by atoms with Gasteiger partial charge in [-0.05, 0) is 55.4 Å². The van der Waals surface area contributed by atoms with Crippen LogP contribution in [0, 0.1) is 0 Å². The van der Waals surface area contributed by atoms with Crippen molar-refractivity contribution in [2.45, 2.75) is 37.1 Å². The van der Waals surface area contributed by atoms with Gasteiger partial charge in [-0.25, -0.2) is 19.3 Å². The van der Waals surface area contributed by atoms with Crippen molar-refractivity contribution in [3.8, 4) is 11.4 Å². The Labute approximate surface area is 186 Å². The molecule has 2 fully saturated rings. The van der Waals surface area contributed by atoms with E-state index >= 15 is 0 Å². The first-order chi connectivity index (χ1) is 15.4. The minimum Gasteiger partial charge on any atom is -0.465 e. The SMILES string of the molecule is O=C(O)N1CCC(c2ccc3nc(-c4ccc5nc(Cl)cn5n4)cc(=O)n3c2)CC12CC2. The highest BCUT2D eigenvalue weighted by Crippen LogP contribution is 2.52. The molecule has 0 aromatic carbocycles. The van der Waals surface area contributed by atoms with Crippen LogP contribution in [-0.2, 0) is 0 Å². The monoisotopic (exact) mass is 450 g/mol. The summed E-state index contributed by atoms with van der Waals surface area (Å²) in [5, 5.41) is 14.3. The summed E-state index contributed by atoms with van der Waals surface area (Å²) in [4.78, 5) is 34.8. The molecule has 0 bridgehead atoms. The van der Waals surface area contributed by atoms with Crippen LogP contribution < -0.4 is 5.56 Å². The Hall–Kier alpha value is -3.46. The van der Waals surface area contributed by atoms with E-state index < -0.39 is 6.09 Å². The Bertz CT molecular complexity index is 1460. The van der Waals surface area contributed by atoms with Gasteiger partial charge in [0.25, 0.3) is 5.56 Å². The van der Waals surface area contributed by atoms with Gasteiger partial charge in [0.1, 0.15) is 16.5 Å². The lowest BCUT2D eigenvalue weighted by Gasteiger charge is -2.38. The summed E-state index contributed by atoms with van der Waals surface area (Å²) in [6.07, 6.45) is 5.97. The van der Waals surface area contributed by atoms with E-state index in [1.165, 1.54) is 6.07 Å². The Morgan fingerprint density at radius 3 is 2.69 bits per heavy atom. The molecular weight excluding hydrogens is 432 g/mol. The standard InChI is InChI=1S/C22H19ClN6O3/c23-17-12-29-19(25-17)4-2-15(26-29)16-9-20(30)27-11-14(1-3-18(27)24-16)13-5-8-28(21(31)32)22(10-13)6-7-22/h1-4,9,11-13H,5-8,10H2,(H,31,32). The molecule has 1 N–H and O–H groups in total. The predicted octanol–water partition coefficient (Wildman–Crippen LogP) is 3.45. The summed E-state index contributed by atoms with van der Waals surface area (Å²) < 4.78 is 3.11. The summed E-state index contributed by atoms with van der Waals surface area (Å²) >= 11 is 5.94. The molecule has 5 heterocycles. The maximum Gasteiger partial charge on any atom is 0.407 e. The highest BCUT2D eigenvalue weighted by Gasteiger charge is 2.53. The summed E-state index contributed by atoms with van der Waals surface area (Å²) in [6, 6.07) is 8.85. The number of fused-ring (bicyclic) bond motifs is 2. The minimum absolute atomic E-state index is 0.193. The first kappa shape index (κ1) is 19.2. The minimum atomic E-state index is -0.836. The summed E-state index contributed by atoms with van der Waals surface area (Å²) in [5.74, 6) is 0.221. The molecule has 1 saturated heterocycles. The summed E-state index contributed by atoms with van der Waals surface area (Å²) in [5.41, 5.74) is 2.79. The molecular formula is C22H19ClN6O3. The highest BCUT2D eigenvalue weighted by atomic mass is 35.5. The van der Waals surface area contributed by atoms with E-state index in [1.807, 2.05) is 18.3 Å². The molecule has 1 spiro atoms. The van der Waals surface area contributed by atoms with Crippen molar-refractivity contribution in [3.63, 3.8) is 0 Å². The van der Waals surface area contributed by atoms with E-state index in [9.17, 15) is 14.7 Å². The van der Waals surface area contributed by atoms with Crippen molar-refractivity contribution < 1.29 is 9.90 Å². The van der Waals surface area contributed by atoms with Crippen molar-refractivity contribution in [2.75, 3.05) is 6.54 Å². The van der Waals surface area contributed by atoms with Crippen LogP contribution in [0.25, 0.3) is 22.7 Å². The third kappa shape index (κ3) is 3.03. The van der Waals surface area contributed by atoms with Crippen LogP contribution in [0.1, 0.15) is 37.2 Å². The first-order valence-corrected chi connectivity index (χ1v) is 10.9. The number of piperidine rings is 1. The van der Waals surface area contributed by atoms with Crippen molar-refractivity contribution in [1.82, 2.24) is 28.9 Å². The van der Waals surface area contributed by atoms with Gasteiger partial charge in [-0.1, -0.05) is 17.7 Å². The zero-order valence-corrected chi connectivity index (χ0v) is 17.7. The number of nitrogens with zero attached hydrogens (tertiary/aromatic N) is 6.